The van der Waals surface area contributed by atoms with E-state index in [1.165, 1.54) is 11.3 Å². The molecule has 1 amide bonds. The van der Waals surface area contributed by atoms with Gasteiger partial charge in [0.15, 0.2) is 5.96 Å². The topological polar surface area (TPSA) is 60.0 Å². The van der Waals surface area contributed by atoms with Crippen LogP contribution in [0.1, 0.15) is 18.4 Å². The van der Waals surface area contributed by atoms with Crippen molar-refractivity contribution in [3.63, 3.8) is 0 Å². The van der Waals surface area contributed by atoms with Crippen LogP contribution < -0.4 is 15.5 Å². The number of hydrogen-bond donors (Lipinski definition) is 2. The van der Waals surface area contributed by atoms with Gasteiger partial charge in [0.2, 0.25) is 5.91 Å². The molecule has 26 heavy (non-hydrogen) atoms. The van der Waals surface area contributed by atoms with Crippen molar-refractivity contribution in [1.82, 2.24) is 15.5 Å². The third kappa shape index (κ3) is 5.64. The predicted molar refractivity (Wildman–Crippen MR) is 118 cm³/mol. The van der Waals surface area contributed by atoms with Crippen LogP contribution in [0.2, 0.25) is 5.02 Å². The van der Waals surface area contributed by atoms with Gasteiger partial charge in [-0.05, 0) is 37.5 Å². The number of aryl methyl sites for hydroxylation is 1. The highest BCUT2D eigenvalue weighted by atomic mass is 127. The molecule has 1 aliphatic heterocycles. The molecule has 2 N–H and O–H groups in total. The minimum Gasteiger partial charge on any atom is -0.368 e. The number of piperazine rings is 1. The lowest BCUT2D eigenvalue weighted by Crippen LogP contribution is -2.54. The Morgan fingerprint density at radius 2 is 1.96 bits per heavy atom. The summed E-state index contributed by atoms with van der Waals surface area (Å²) in [5, 5.41) is 6.92. The van der Waals surface area contributed by atoms with Gasteiger partial charge in [0.05, 0.1) is 6.54 Å². The Morgan fingerprint density at radius 3 is 2.58 bits per heavy atom. The highest BCUT2D eigenvalue weighted by Gasteiger charge is 2.24. The number of nitrogens with one attached hydrogen (secondary N) is 2. The molecular formula is C18H27ClIN5O. The number of amides is 1. The molecule has 8 heteroatoms. The van der Waals surface area contributed by atoms with Crippen molar-refractivity contribution >= 4 is 53.1 Å². The molecule has 1 heterocycles. The lowest BCUT2D eigenvalue weighted by molar-refractivity contribution is -0.120. The third-order valence-corrected chi connectivity index (χ3v) is 4.89. The number of nitrogens with zero attached hydrogens (tertiary/aromatic N) is 3. The van der Waals surface area contributed by atoms with Crippen molar-refractivity contribution in [1.29, 1.82) is 0 Å². The first-order valence-electron chi connectivity index (χ1n) is 8.83. The van der Waals surface area contributed by atoms with Gasteiger partial charge in [-0.2, -0.15) is 0 Å². The van der Waals surface area contributed by atoms with E-state index in [4.69, 9.17) is 11.6 Å². The largest absolute Gasteiger partial charge is 0.368 e. The summed E-state index contributed by atoms with van der Waals surface area (Å²) in [6.07, 6.45) is 2.21. The minimum absolute atomic E-state index is 0. The Balaban J connectivity index is 0.00000243. The quantitative estimate of drug-likeness (QED) is 0.385. The lowest BCUT2D eigenvalue weighted by Gasteiger charge is -2.38. The summed E-state index contributed by atoms with van der Waals surface area (Å²) in [4.78, 5) is 20.7. The number of benzene rings is 1. The average Bonchev–Trinajstić information content (AvgIpc) is 3.42. The third-order valence-electron chi connectivity index (χ3n) is 4.65. The fraction of sp³-hybridized carbons (Fsp3) is 0.556. The van der Waals surface area contributed by atoms with Crippen molar-refractivity contribution in [2.75, 3.05) is 44.7 Å². The van der Waals surface area contributed by atoms with Gasteiger partial charge in [-0.3, -0.25) is 9.79 Å². The molecule has 0 atom stereocenters. The van der Waals surface area contributed by atoms with Crippen LogP contribution in [-0.2, 0) is 4.79 Å². The first kappa shape index (κ1) is 21.1. The van der Waals surface area contributed by atoms with E-state index in [0.717, 1.165) is 50.0 Å². The number of rotatable bonds is 4. The van der Waals surface area contributed by atoms with E-state index in [9.17, 15) is 4.79 Å². The molecule has 0 spiro atoms. The Hall–Kier alpha value is -1.22. The first-order chi connectivity index (χ1) is 12.1. The Morgan fingerprint density at radius 1 is 1.27 bits per heavy atom. The van der Waals surface area contributed by atoms with E-state index in [1.54, 1.807) is 7.05 Å². The van der Waals surface area contributed by atoms with Gasteiger partial charge in [0.1, 0.15) is 0 Å². The number of halogens is 2. The SMILES string of the molecule is CN=C(NCC(=O)NC1CC1)N1CCN(c2cc(Cl)ccc2C)CC1.I. The number of hydrogen-bond acceptors (Lipinski definition) is 3. The summed E-state index contributed by atoms with van der Waals surface area (Å²) < 4.78 is 0. The fourth-order valence-electron chi connectivity index (χ4n) is 3.08. The minimum atomic E-state index is 0. The monoisotopic (exact) mass is 491 g/mol. The standard InChI is InChI=1S/C18H26ClN5O.HI/c1-13-3-4-14(19)11-16(13)23-7-9-24(10-8-23)18(20-2)21-12-17(25)22-15-5-6-15;/h3-4,11,15H,5-10,12H2,1-2H3,(H,20,21)(H,22,25);1H. The van der Waals surface area contributed by atoms with Gasteiger partial charge in [-0.1, -0.05) is 17.7 Å². The van der Waals surface area contributed by atoms with Crippen molar-refractivity contribution in [3.8, 4) is 0 Å². The molecule has 3 rings (SSSR count). The Kier molecular flexibility index (Phi) is 7.82. The van der Waals surface area contributed by atoms with Gasteiger partial charge >= 0.3 is 0 Å². The van der Waals surface area contributed by atoms with Crippen LogP contribution >= 0.6 is 35.6 Å². The van der Waals surface area contributed by atoms with E-state index in [2.05, 4.69) is 38.4 Å². The molecule has 1 aromatic carbocycles. The van der Waals surface area contributed by atoms with Gasteiger partial charge in [-0.15, -0.1) is 24.0 Å². The Bertz CT molecular complexity index is 657. The summed E-state index contributed by atoms with van der Waals surface area (Å²) in [7, 11) is 1.76. The van der Waals surface area contributed by atoms with Gasteiger partial charge < -0.3 is 20.4 Å². The summed E-state index contributed by atoms with van der Waals surface area (Å²) >= 11 is 6.14. The fourth-order valence-corrected chi connectivity index (χ4v) is 3.25. The molecule has 2 aliphatic rings. The van der Waals surface area contributed by atoms with E-state index >= 15 is 0 Å². The van der Waals surface area contributed by atoms with Crippen LogP contribution in [0.3, 0.4) is 0 Å². The number of aliphatic imine (C=N–C) groups is 1. The molecule has 144 valence electrons. The molecule has 0 unspecified atom stereocenters. The number of carbonyl (C=O) groups excluding carboxylic acids is 1. The summed E-state index contributed by atoms with van der Waals surface area (Å²) in [5.41, 5.74) is 2.43. The second-order valence-electron chi connectivity index (χ2n) is 6.65. The van der Waals surface area contributed by atoms with E-state index < -0.39 is 0 Å². The molecule has 0 radical (unpaired) electrons. The molecule has 2 fully saturated rings. The smallest absolute Gasteiger partial charge is 0.239 e. The molecule has 1 aliphatic carbocycles. The van der Waals surface area contributed by atoms with Gasteiger partial charge in [0, 0.05) is 50.0 Å². The van der Waals surface area contributed by atoms with Crippen LogP contribution in [0.4, 0.5) is 5.69 Å². The maximum atomic E-state index is 11.8. The van der Waals surface area contributed by atoms with E-state index in [0.29, 0.717) is 6.04 Å². The number of guanidine groups is 1. The molecule has 1 aromatic rings. The second-order valence-corrected chi connectivity index (χ2v) is 7.08. The van der Waals surface area contributed by atoms with Crippen molar-refractivity contribution in [2.45, 2.75) is 25.8 Å². The molecule has 0 bridgehead atoms. The first-order valence-corrected chi connectivity index (χ1v) is 9.20. The van der Waals surface area contributed by atoms with Crippen LogP contribution in [0.25, 0.3) is 0 Å². The van der Waals surface area contributed by atoms with Gasteiger partial charge in [-0.25, -0.2) is 0 Å². The summed E-state index contributed by atoms with van der Waals surface area (Å²) in [6.45, 7) is 5.89. The summed E-state index contributed by atoms with van der Waals surface area (Å²) in [6, 6.07) is 6.40. The number of carbonyl (C=O) groups is 1. The van der Waals surface area contributed by atoms with E-state index in [1.807, 2.05) is 12.1 Å². The normalized spacial score (nSPS) is 17.6. The Labute approximate surface area is 177 Å². The van der Waals surface area contributed by atoms with Crippen molar-refractivity contribution < 1.29 is 4.79 Å². The zero-order chi connectivity index (χ0) is 17.8. The van der Waals surface area contributed by atoms with Crippen molar-refractivity contribution in [3.05, 3.63) is 28.8 Å². The van der Waals surface area contributed by atoms with Gasteiger partial charge in [0.25, 0.3) is 0 Å². The lowest BCUT2D eigenvalue weighted by atomic mass is 10.1. The zero-order valence-electron chi connectivity index (χ0n) is 15.3. The highest BCUT2D eigenvalue weighted by molar-refractivity contribution is 14.0. The maximum Gasteiger partial charge on any atom is 0.239 e. The summed E-state index contributed by atoms with van der Waals surface area (Å²) in [5.74, 6) is 0.824. The van der Waals surface area contributed by atoms with Crippen molar-refractivity contribution in [2.24, 2.45) is 4.99 Å². The van der Waals surface area contributed by atoms with Crippen LogP contribution in [-0.4, -0.2) is 62.6 Å². The highest BCUT2D eigenvalue weighted by Crippen LogP contribution is 2.25. The van der Waals surface area contributed by atoms with Crippen LogP contribution in [0.15, 0.2) is 23.2 Å². The maximum absolute atomic E-state index is 11.8. The molecule has 6 nitrogen and oxygen atoms in total. The average molecular weight is 492 g/mol. The van der Waals surface area contributed by atoms with Crippen LogP contribution in [0, 0.1) is 6.92 Å². The second kappa shape index (κ2) is 9.64. The zero-order valence-corrected chi connectivity index (χ0v) is 18.4. The molecule has 0 aromatic heterocycles. The molecule has 1 saturated heterocycles. The van der Waals surface area contributed by atoms with Crippen LogP contribution in [0.5, 0.6) is 0 Å². The molecule has 1 saturated carbocycles. The predicted octanol–water partition coefficient (Wildman–Crippen LogP) is 2.24. The number of anilines is 1. The van der Waals surface area contributed by atoms with E-state index in [-0.39, 0.29) is 36.4 Å². The molecular weight excluding hydrogens is 465 g/mol.